The number of anilines is 2. The van der Waals surface area contributed by atoms with Gasteiger partial charge in [0.15, 0.2) is 0 Å². The van der Waals surface area contributed by atoms with Gasteiger partial charge in [0.25, 0.3) is 0 Å². The number of aromatic nitrogens is 2. The zero-order valence-corrected chi connectivity index (χ0v) is 16.8. The third-order valence-corrected chi connectivity index (χ3v) is 4.70. The normalized spacial score (nSPS) is 11.7. The Balaban J connectivity index is 1.68. The topological polar surface area (TPSA) is 73.1 Å². The molecule has 0 aliphatic carbocycles. The van der Waals surface area contributed by atoms with Crippen molar-refractivity contribution in [3.63, 3.8) is 0 Å². The van der Waals surface area contributed by atoms with Crippen LogP contribution in [0.2, 0.25) is 0 Å². The smallest absolute Gasteiger partial charge is 0.319 e. The lowest BCUT2D eigenvalue weighted by molar-refractivity contribution is 0.247. The van der Waals surface area contributed by atoms with Crippen LogP contribution in [0.15, 0.2) is 54.7 Å². The molecule has 2 aromatic carbocycles. The molecule has 0 aliphatic heterocycles. The highest BCUT2D eigenvalue weighted by molar-refractivity contribution is 5.90. The van der Waals surface area contributed by atoms with E-state index in [1.54, 1.807) is 6.20 Å². The molecule has 6 nitrogen and oxygen atoms in total. The first-order valence-electron chi connectivity index (χ1n) is 9.43. The molecule has 0 bridgehead atoms. The van der Waals surface area contributed by atoms with Gasteiger partial charge in [-0.3, -0.25) is 0 Å². The van der Waals surface area contributed by atoms with Crippen molar-refractivity contribution in [2.24, 2.45) is 0 Å². The second-order valence-corrected chi connectivity index (χ2v) is 7.00. The number of aromatic amines is 1. The molecule has 1 unspecified atom stereocenters. The lowest BCUT2D eigenvalue weighted by Gasteiger charge is -2.18. The monoisotopic (exact) mass is 377 g/mol. The summed E-state index contributed by atoms with van der Waals surface area (Å²) in [5.41, 5.74) is 4.91. The van der Waals surface area contributed by atoms with Crippen molar-refractivity contribution in [1.82, 2.24) is 15.3 Å². The Bertz CT molecular complexity index is 933. The average molecular weight is 377 g/mol. The van der Waals surface area contributed by atoms with E-state index in [1.807, 2.05) is 81.4 Å². The summed E-state index contributed by atoms with van der Waals surface area (Å²) >= 11 is 0. The molecule has 2 amide bonds. The van der Waals surface area contributed by atoms with Crippen LogP contribution in [-0.4, -0.2) is 30.1 Å². The molecule has 0 aliphatic rings. The summed E-state index contributed by atoms with van der Waals surface area (Å²) in [6, 6.07) is 15.5. The number of carbonyl (C=O) groups excluding carboxylic acids is 1. The van der Waals surface area contributed by atoms with Crippen molar-refractivity contribution in [2.45, 2.75) is 26.3 Å². The number of hydrogen-bond donors (Lipinski definition) is 3. The largest absolute Gasteiger partial charge is 0.378 e. The van der Waals surface area contributed by atoms with Crippen LogP contribution in [0, 0.1) is 6.92 Å². The van der Waals surface area contributed by atoms with Crippen LogP contribution in [-0.2, 0) is 0 Å². The molecule has 3 rings (SSSR count). The van der Waals surface area contributed by atoms with Crippen molar-refractivity contribution < 1.29 is 4.79 Å². The van der Waals surface area contributed by atoms with Crippen LogP contribution in [0.25, 0.3) is 11.3 Å². The Morgan fingerprint density at radius 2 is 1.93 bits per heavy atom. The molecular formula is C22H27N5O. The van der Waals surface area contributed by atoms with Gasteiger partial charge in [0.2, 0.25) is 0 Å². The molecule has 0 fully saturated rings. The Morgan fingerprint density at radius 1 is 1.18 bits per heavy atom. The minimum Gasteiger partial charge on any atom is -0.378 e. The summed E-state index contributed by atoms with van der Waals surface area (Å²) in [5, 5.41) is 5.95. The zero-order valence-electron chi connectivity index (χ0n) is 16.8. The highest BCUT2D eigenvalue weighted by atomic mass is 16.2. The Labute approximate surface area is 166 Å². The average Bonchev–Trinajstić information content (AvgIpc) is 3.18. The number of hydrogen-bond acceptors (Lipinski definition) is 3. The van der Waals surface area contributed by atoms with Crippen molar-refractivity contribution >= 4 is 17.4 Å². The maximum atomic E-state index is 12.5. The van der Waals surface area contributed by atoms with E-state index >= 15 is 0 Å². The molecule has 3 aromatic rings. The van der Waals surface area contributed by atoms with Crippen LogP contribution in [0.5, 0.6) is 0 Å². The molecule has 1 atom stereocenters. The van der Waals surface area contributed by atoms with E-state index in [0.717, 1.165) is 40.4 Å². The van der Waals surface area contributed by atoms with Gasteiger partial charge in [-0.05, 0) is 42.7 Å². The zero-order chi connectivity index (χ0) is 20.1. The quantitative estimate of drug-likeness (QED) is 0.582. The van der Waals surface area contributed by atoms with Gasteiger partial charge in [-0.1, -0.05) is 37.3 Å². The highest BCUT2D eigenvalue weighted by Crippen LogP contribution is 2.23. The molecule has 28 heavy (non-hydrogen) atoms. The summed E-state index contributed by atoms with van der Waals surface area (Å²) in [5.74, 6) is 0.746. The van der Waals surface area contributed by atoms with Gasteiger partial charge in [-0.15, -0.1) is 0 Å². The lowest BCUT2D eigenvalue weighted by atomic mass is 10.1. The Morgan fingerprint density at radius 3 is 2.57 bits per heavy atom. The standard InChI is InChI=1S/C22H27N5O/c1-5-18(21-23-14-20(24-21)16-9-7-6-8-10-16)25-22(28)26-19-12-11-17(27(3)4)13-15(19)2/h6-14,18H,5H2,1-4H3,(H,23,24)(H2,25,26,28). The number of amides is 2. The minimum absolute atomic E-state index is 0.196. The molecule has 0 saturated heterocycles. The SMILES string of the molecule is CCC(NC(=O)Nc1ccc(N(C)C)cc1C)c1ncc(-c2ccccc2)[nH]1. The maximum Gasteiger partial charge on any atom is 0.319 e. The van der Waals surface area contributed by atoms with Gasteiger partial charge in [0.05, 0.1) is 17.9 Å². The third-order valence-electron chi connectivity index (χ3n) is 4.70. The fraction of sp³-hybridized carbons (Fsp3) is 0.273. The highest BCUT2D eigenvalue weighted by Gasteiger charge is 2.17. The van der Waals surface area contributed by atoms with Crippen molar-refractivity contribution in [1.29, 1.82) is 0 Å². The van der Waals surface area contributed by atoms with Crippen LogP contribution in [0.1, 0.15) is 30.8 Å². The second kappa shape index (κ2) is 8.61. The Kier molecular flexibility index (Phi) is 5.99. The number of nitrogens with zero attached hydrogens (tertiary/aromatic N) is 2. The molecule has 0 spiro atoms. The predicted molar refractivity (Wildman–Crippen MR) is 115 cm³/mol. The first-order chi connectivity index (χ1) is 13.5. The van der Waals surface area contributed by atoms with Gasteiger partial charge in [0.1, 0.15) is 5.82 Å². The van der Waals surface area contributed by atoms with E-state index in [4.69, 9.17) is 0 Å². The van der Waals surface area contributed by atoms with Crippen molar-refractivity contribution in [2.75, 3.05) is 24.3 Å². The number of benzene rings is 2. The summed E-state index contributed by atoms with van der Waals surface area (Å²) in [7, 11) is 3.99. The Hall–Kier alpha value is -3.28. The molecular weight excluding hydrogens is 350 g/mol. The first-order valence-corrected chi connectivity index (χ1v) is 9.43. The van der Waals surface area contributed by atoms with E-state index in [0.29, 0.717) is 0 Å². The van der Waals surface area contributed by atoms with Crippen LogP contribution >= 0.6 is 0 Å². The van der Waals surface area contributed by atoms with Crippen LogP contribution in [0.3, 0.4) is 0 Å². The van der Waals surface area contributed by atoms with Gasteiger partial charge in [-0.2, -0.15) is 0 Å². The first kappa shape index (κ1) is 19.5. The molecule has 0 saturated carbocycles. The number of imidazole rings is 1. The molecule has 3 N–H and O–H groups in total. The van der Waals surface area contributed by atoms with Crippen molar-refractivity contribution in [3.8, 4) is 11.3 Å². The second-order valence-electron chi connectivity index (χ2n) is 7.00. The number of nitrogens with one attached hydrogen (secondary N) is 3. The molecule has 1 aromatic heterocycles. The summed E-state index contributed by atoms with van der Waals surface area (Å²) < 4.78 is 0. The predicted octanol–water partition coefficient (Wildman–Crippen LogP) is 4.72. The van der Waals surface area contributed by atoms with Gasteiger partial charge in [-0.25, -0.2) is 9.78 Å². The summed E-state index contributed by atoms with van der Waals surface area (Å²) in [6.45, 7) is 4.01. The van der Waals surface area contributed by atoms with Crippen LogP contribution < -0.4 is 15.5 Å². The minimum atomic E-state index is -0.245. The fourth-order valence-electron chi connectivity index (χ4n) is 3.02. The fourth-order valence-corrected chi connectivity index (χ4v) is 3.02. The molecule has 1 heterocycles. The van der Waals surface area contributed by atoms with E-state index < -0.39 is 0 Å². The van der Waals surface area contributed by atoms with Crippen molar-refractivity contribution in [3.05, 3.63) is 66.1 Å². The van der Waals surface area contributed by atoms with Gasteiger partial charge in [0, 0.05) is 25.5 Å². The van der Waals surface area contributed by atoms with Crippen LogP contribution in [0.4, 0.5) is 16.2 Å². The summed E-state index contributed by atoms with van der Waals surface area (Å²) in [6.07, 6.45) is 2.53. The number of H-pyrrole nitrogens is 1. The molecule has 6 heteroatoms. The van der Waals surface area contributed by atoms with E-state index in [2.05, 4.69) is 20.6 Å². The molecule has 146 valence electrons. The third kappa shape index (κ3) is 4.52. The van der Waals surface area contributed by atoms with E-state index in [1.165, 1.54) is 0 Å². The van der Waals surface area contributed by atoms with E-state index in [-0.39, 0.29) is 12.1 Å². The number of aryl methyl sites for hydroxylation is 1. The molecule has 0 radical (unpaired) electrons. The number of rotatable bonds is 6. The van der Waals surface area contributed by atoms with Gasteiger partial charge >= 0.3 is 6.03 Å². The van der Waals surface area contributed by atoms with Gasteiger partial charge < -0.3 is 20.5 Å². The number of urea groups is 1. The maximum absolute atomic E-state index is 12.5. The lowest BCUT2D eigenvalue weighted by Crippen LogP contribution is -2.33. The number of carbonyl (C=O) groups is 1. The van der Waals surface area contributed by atoms with E-state index in [9.17, 15) is 4.79 Å². The summed E-state index contributed by atoms with van der Waals surface area (Å²) in [4.78, 5) is 22.4.